The second-order valence-corrected chi connectivity index (χ2v) is 32.7. The number of amides is 2. The second-order valence-electron chi connectivity index (χ2n) is 23.1. The number of allylic oxidation sites excluding steroid dienone is 3. The van der Waals surface area contributed by atoms with Crippen molar-refractivity contribution in [1.82, 2.24) is 9.97 Å². The first kappa shape index (κ1) is 88.2. The minimum Gasteiger partial charge on any atom is -0.423 e. The molecule has 28 nitrogen and oxygen atoms in total. The van der Waals surface area contributed by atoms with Crippen molar-refractivity contribution < 1.29 is 84.0 Å². The van der Waals surface area contributed by atoms with Crippen LogP contribution in [0.25, 0.3) is 6.08 Å². The first-order valence-corrected chi connectivity index (χ1v) is 40.0. The van der Waals surface area contributed by atoms with E-state index in [0.717, 1.165) is 39.3 Å². The number of para-hydroxylation sites is 1. The molecule has 0 atom stereocenters. The van der Waals surface area contributed by atoms with Crippen molar-refractivity contribution in [3.8, 4) is 5.75 Å². The van der Waals surface area contributed by atoms with Gasteiger partial charge in [-0.25, -0.2) is 95.4 Å². The van der Waals surface area contributed by atoms with Crippen molar-refractivity contribution in [1.29, 1.82) is 0 Å². The molecule has 8 aromatic rings. The lowest BCUT2D eigenvalue weighted by molar-refractivity contribution is -0.130. The number of aromatic nitrogens is 2. The Hall–Kier alpha value is -11.2. The molecule has 34 heteroatoms. The van der Waals surface area contributed by atoms with E-state index in [0.29, 0.717) is 39.5 Å². The lowest BCUT2D eigenvalue weighted by Crippen LogP contribution is -2.29. The van der Waals surface area contributed by atoms with E-state index in [1.807, 2.05) is 6.07 Å². The Bertz CT molecular complexity index is 5300. The van der Waals surface area contributed by atoms with Gasteiger partial charge in [0.25, 0.3) is 31.9 Å². The van der Waals surface area contributed by atoms with E-state index in [-0.39, 0.29) is 83.3 Å². The number of imide groups is 1. The highest BCUT2D eigenvalue weighted by atomic mass is 32.2. The second kappa shape index (κ2) is 38.7. The Labute approximate surface area is 622 Å². The molecule has 0 aliphatic carbocycles. The van der Waals surface area contributed by atoms with Gasteiger partial charge >= 0.3 is 5.97 Å². The minimum atomic E-state index is -3.79. The predicted octanol–water partition coefficient (Wildman–Crippen LogP) is 8.33. The van der Waals surface area contributed by atoms with Gasteiger partial charge in [0, 0.05) is 54.1 Å². The molecular formula is C73H77N9O19S6. The lowest BCUT2D eigenvalue weighted by Gasteiger charge is -2.13. The zero-order valence-corrected chi connectivity index (χ0v) is 63.5. The molecule has 0 radical (unpaired) electrons. The van der Waals surface area contributed by atoms with Gasteiger partial charge < -0.3 is 4.74 Å². The minimum absolute atomic E-state index is 0.0361. The monoisotopic (exact) mass is 1580 g/mol. The summed E-state index contributed by atoms with van der Waals surface area (Å²) in [4.78, 5) is 77.8. The number of ether oxygens (including phenoxy) is 1. The number of esters is 1. The fourth-order valence-electron chi connectivity index (χ4n) is 8.17. The average molecular weight is 1580 g/mol. The number of rotatable bonds is 23. The number of benzene rings is 7. The molecule has 107 heavy (non-hydrogen) atoms. The van der Waals surface area contributed by atoms with Gasteiger partial charge in [-0.1, -0.05) is 106 Å². The van der Waals surface area contributed by atoms with Crippen LogP contribution in [-0.4, -0.2) is 95.6 Å². The lowest BCUT2D eigenvalue weighted by atomic mass is 10.1. The van der Waals surface area contributed by atoms with Crippen LogP contribution in [0.2, 0.25) is 0 Å². The van der Waals surface area contributed by atoms with Gasteiger partial charge in [0.15, 0.2) is 17.3 Å². The Balaban J connectivity index is 0.000000275. The number of primary sulfonamides is 4. The molecule has 0 fully saturated rings. The summed E-state index contributed by atoms with van der Waals surface area (Å²) in [5, 5.41) is 19.7. The molecule has 10 N–H and O–H groups in total. The summed E-state index contributed by atoms with van der Waals surface area (Å²) in [5.41, 5.74) is 6.94. The quantitative estimate of drug-likeness (QED) is 0.0152. The van der Waals surface area contributed by atoms with E-state index in [4.69, 9.17) is 25.3 Å². The summed E-state index contributed by atoms with van der Waals surface area (Å²) in [6.45, 7) is 27.7. The maximum absolute atomic E-state index is 12.4. The Kier molecular flexibility index (Phi) is 31.9. The first-order valence-electron chi connectivity index (χ1n) is 30.8. The summed E-state index contributed by atoms with van der Waals surface area (Å²) in [6.07, 6.45) is 4.57. The molecule has 1 aromatic heterocycles. The predicted molar refractivity (Wildman–Crippen MR) is 406 cm³/mol. The third-order valence-corrected chi connectivity index (χ3v) is 20.3. The Morgan fingerprint density at radius 3 is 1.06 bits per heavy atom. The maximum atomic E-state index is 12.4. The number of sulfonamides is 6. The van der Waals surface area contributed by atoms with Gasteiger partial charge in [0.05, 0.1) is 35.1 Å². The van der Waals surface area contributed by atoms with Gasteiger partial charge in [-0.05, 0) is 196 Å². The molecule has 0 spiro atoms. The number of aryl methyl sites for hydroxylation is 2. The fraction of sp³-hybridized carbons (Fsp3) is 0.123. The van der Waals surface area contributed by atoms with Gasteiger partial charge in [-0.15, -0.1) is 0 Å². The van der Waals surface area contributed by atoms with Gasteiger partial charge in [0.1, 0.15) is 5.75 Å². The highest BCUT2D eigenvalue weighted by Gasteiger charge is 2.26. The summed E-state index contributed by atoms with van der Waals surface area (Å²) in [6, 6.07) is 45.3. The zero-order chi connectivity index (χ0) is 80.6. The van der Waals surface area contributed by atoms with Crippen LogP contribution in [0.4, 0.5) is 17.3 Å². The molecule has 1 aliphatic heterocycles. The molecule has 1 aliphatic rings. The smallest absolute Gasteiger partial charge is 0.338 e. The van der Waals surface area contributed by atoms with E-state index in [1.165, 1.54) is 104 Å². The van der Waals surface area contributed by atoms with Gasteiger partial charge in [0.2, 0.25) is 46.0 Å². The van der Waals surface area contributed by atoms with E-state index < -0.39 is 77.9 Å². The third-order valence-electron chi connectivity index (χ3n) is 13.9. The van der Waals surface area contributed by atoms with Crippen LogP contribution in [-0.2, 0) is 108 Å². The van der Waals surface area contributed by atoms with E-state index in [2.05, 4.69) is 52.3 Å². The molecule has 2 heterocycles. The number of anilines is 3. The highest BCUT2D eigenvalue weighted by molar-refractivity contribution is 7.93. The highest BCUT2D eigenvalue weighted by Crippen LogP contribution is 2.23. The number of nitrogens with zero attached hydrogens (tertiary/aromatic N) is 3. The first-order chi connectivity index (χ1) is 49.6. The molecule has 0 saturated carbocycles. The number of hydrogen-bond donors (Lipinski definition) is 6. The summed E-state index contributed by atoms with van der Waals surface area (Å²) in [5.74, 6) is -1.41. The number of carbonyl (C=O) groups is 6. The van der Waals surface area contributed by atoms with Crippen molar-refractivity contribution in [2.75, 3.05) is 14.3 Å². The number of carbonyl (C=O) groups excluding carboxylic acids is 6. The molecule has 7 aromatic carbocycles. The maximum Gasteiger partial charge on any atom is 0.338 e. The van der Waals surface area contributed by atoms with Crippen LogP contribution < -0.4 is 39.6 Å². The normalized spacial score (nSPS) is 11.8. The van der Waals surface area contributed by atoms with Gasteiger partial charge in [-0.2, -0.15) is 0 Å². The van der Waals surface area contributed by atoms with Crippen LogP contribution in [0.15, 0.2) is 279 Å². The van der Waals surface area contributed by atoms with E-state index in [9.17, 15) is 79.3 Å². The van der Waals surface area contributed by atoms with Crippen LogP contribution in [0.5, 0.6) is 5.75 Å². The van der Waals surface area contributed by atoms with Crippen molar-refractivity contribution in [3.63, 3.8) is 0 Å². The van der Waals surface area contributed by atoms with Crippen LogP contribution in [0.3, 0.4) is 0 Å². The number of Topliss-reactive ketones (excluding diaryl/α,β-unsaturated/α-hetero) is 3. The summed E-state index contributed by atoms with van der Waals surface area (Å²) >= 11 is 0. The largest absolute Gasteiger partial charge is 0.423 e. The van der Waals surface area contributed by atoms with Crippen molar-refractivity contribution >= 4 is 119 Å². The molecule has 0 bridgehead atoms. The zero-order valence-electron chi connectivity index (χ0n) is 58.6. The molecule has 9 rings (SSSR count). The standard InChI is InChI=1S/C17H19N3O3S.C17H17NO3S.C11H13NO3S.C10H8N2O4S.C10H11NO4S.C8H9NO2S/c1-11(2)16(21)10-14-5-7-15(8-6-14)24(22,23)20-17-18-12(3)9-13(4)19-17;1-13(2)17(19)12-14-8-10-16(11-9-14)22(20,21)18-15-6-4-3-5-7-15;1-8(2)11(13)7-9-3-5-10(6-4-9)16(12,14)15;11-17(15,16)8-3-1-7(2-4-8)12-9(13)5-6-10(12)14;1-7(2)10(12)15-8-3-5-9(6-4-8)16(11,13)14;1-2-7-3-5-8(6-4-7)12(9,10)11/h5-9H,1,10H2,2-4H3,(H,18,19,20);3-11,18H,1,12H2,2H3;3-6H,1,7H2,2H3,(H2,12,14,15);1-6H,(H2,11,15,16);3-6H,1H2,2H3,(H2,11,13,14);2-6H,1H2,(H2,9,10,11). The van der Waals surface area contributed by atoms with Gasteiger partial charge in [-0.3, -0.25) is 28.7 Å². The Morgan fingerprint density at radius 1 is 0.430 bits per heavy atom. The Morgan fingerprint density at radius 2 is 0.738 bits per heavy atom. The van der Waals surface area contributed by atoms with Crippen LogP contribution in [0.1, 0.15) is 61.3 Å². The van der Waals surface area contributed by atoms with Crippen LogP contribution in [0, 0.1) is 13.8 Å². The van der Waals surface area contributed by atoms with E-state index >= 15 is 0 Å². The average Bonchev–Trinajstić information content (AvgIpc) is 1.18. The molecular weight excluding hydrogens is 1500 g/mol. The molecule has 564 valence electrons. The SMILES string of the molecule is C=C(C)C(=O)Cc1ccc(S(=O)(=O)Nc2ccccc2)cc1.C=C(C)C(=O)Cc1ccc(S(=O)(=O)Nc2nc(C)cc(C)n2)cc1.C=C(C)C(=O)Cc1ccc(S(N)(=O)=O)cc1.C=C(C)C(=O)Oc1ccc(S(N)(=O)=O)cc1.C=Cc1ccc(S(N)(=O)=O)cc1.NS(=O)(=O)c1ccc(N2C(=O)C=CC2=O)cc1. The van der Waals surface area contributed by atoms with E-state index in [1.54, 1.807) is 120 Å². The van der Waals surface area contributed by atoms with Crippen molar-refractivity contribution in [2.24, 2.45) is 20.6 Å². The third kappa shape index (κ3) is 29.7. The number of nitrogens with one attached hydrogen (secondary N) is 2. The number of nitrogens with two attached hydrogens (primary N) is 4. The number of ketones is 3. The molecule has 0 saturated heterocycles. The van der Waals surface area contributed by atoms with Crippen LogP contribution >= 0.6 is 0 Å². The van der Waals surface area contributed by atoms with Crippen molar-refractivity contribution in [2.45, 2.75) is 90.2 Å². The summed E-state index contributed by atoms with van der Waals surface area (Å²) in [7, 11) is -22.1. The fourth-order valence-corrected chi connectivity index (χ4v) is 12.2. The van der Waals surface area contributed by atoms with Crippen molar-refractivity contribution in [3.05, 3.63) is 283 Å². The summed E-state index contributed by atoms with van der Waals surface area (Å²) < 4.78 is 146. The molecule has 2 amide bonds. The number of hydrogen-bond acceptors (Lipinski definition) is 21. The topological polar surface area (TPSA) is 474 Å². The molecule has 0 unspecified atom stereocenters.